The van der Waals surface area contributed by atoms with Crippen molar-refractivity contribution in [3.8, 4) is 5.88 Å². The lowest BCUT2D eigenvalue weighted by Crippen LogP contribution is -2.45. The second kappa shape index (κ2) is 10.4. The maximum atomic E-state index is 11.3. The van der Waals surface area contributed by atoms with Gasteiger partial charge in [-0.25, -0.2) is 4.98 Å². The largest absolute Gasteiger partial charge is 0.471 e. The third kappa shape index (κ3) is 6.46. The lowest BCUT2D eigenvalue weighted by atomic mass is 10.1. The fraction of sp³-hybridized carbons (Fsp3) is 0.545. The Morgan fingerprint density at radius 2 is 2.04 bits per heavy atom. The molecule has 154 valence electrons. The third-order valence-corrected chi connectivity index (χ3v) is 5.19. The molecule has 0 saturated heterocycles. The average Bonchev–Trinajstić information content (AvgIpc) is 2.66. The molecule has 1 atom stereocenters. The van der Waals surface area contributed by atoms with E-state index in [2.05, 4.69) is 33.2 Å². The number of aliphatic hydroxyl groups excluding tert-OH is 1. The van der Waals surface area contributed by atoms with E-state index in [1.165, 1.54) is 0 Å². The minimum Gasteiger partial charge on any atom is -0.471 e. The molecule has 0 fully saturated rings. The van der Waals surface area contributed by atoms with Gasteiger partial charge < -0.3 is 20.1 Å². The van der Waals surface area contributed by atoms with Crippen molar-refractivity contribution in [1.82, 2.24) is 4.98 Å². The smallest absolute Gasteiger partial charge is 0.223 e. The van der Waals surface area contributed by atoms with Crippen molar-refractivity contribution in [2.75, 3.05) is 40.4 Å². The van der Waals surface area contributed by atoms with E-state index in [1.807, 2.05) is 18.2 Å². The number of aromatic nitrogens is 1. The van der Waals surface area contributed by atoms with Crippen molar-refractivity contribution < 1.29 is 19.1 Å². The summed E-state index contributed by atoms with van der Waals surface area (Å²) in [7, 11) is 4.17. The summed E-state index contributed by atoms with van der Waals surface area (Å²) in [4.78, 5) is 16.0. The van der Waals surface area contributed by atoms with Gasteiger partial charge in [0.05, 0.1) is 33.2 Å². The number of carbonyl (C=O) groups excluding carboxylic acids is 1. The summed E-state index contributed by atoms with van der Waals surface area (Å²) in [5.41, 5.74) is 6.38. The lowest BCUT2D eigenvalue weighted by Gasteiger charge is -2.30. The van der Waals surface area contributed by atoms with E-state index >= 15 is 0 Å². The number of fused-ring (bicyclic) bond motifs is 1. The first-order chi connectivity index (χ1) is 13.4. The number of amides is 1. The van der Waals surface area contributed by atoms with Crippen LogP contribution in [0.5, 0.6) is 5.88 Å². The second-order valence-electron chi connectivity index (χ2n) is 8.05. The van der Waals surface area contributed by atoms with Gasteiger partial charge in [-0.3, -0.25) is 4.79 Å². The predicted molar refractivity (Wildman–Crippen MR) is 112 cm³/mol. The topological polar surface area (TPSA) is 85.4 Å². The fourth-order valence-corrected chi connectivity index (χ4v) is 3.15. The average molecular weight is 389 g/mol. The Bertz CT molecular complexity index is 777. The quantitative estimate of drug-likeness (QED) is 0.547. The number of quaternary nitrogens is 1. The SMILES string of the molecule is CCCCc1cc2ccccc2c(OCC[N+](C)(C)CCC(CO)C(N)=O)n1. The molecule has 0 bridgehead atoms. The Labute approximate surface area is 167 Å². The summed E-state index contributed by atoms with van der Waals surface area (Å²) in [6.07, 6.45) is 3.76. The number of aryl methyl sites for hydroxylation is 1. The monoisotopic (exact) mass is 388 g/mol. The number of nitrogens with zero attached hydrogens (tertiary/aromatic N) is 2. The van der Waals surface area contributed by atoms with E-state index in [4.69, 9.17) is 15.5 Å². The van der Waals surface area contributed by atoms with Crippen LogP contribution in [0.15, 0.2) is 30.3 Å². The highest BCUT2D eigenvalue weighted by Crippen LogP contribution is 2.25. The molecule has 0 aliphatic carbocycles. The number of nitrogens with two attached hydrogens (primary N) is 1. The summed E-state index contributed by atoms with van der Waals surface area (Å²) in [6, 6.07) is 10.3. The first-order valence-electron chi connectivity index (χ1n) is 10.1. The van der Waals surface area contributed by atoms with Gasteiger partial charge in [-0.2, -0.15) is 0 Å². The number of carbonyl (C=O) groups is 1. The van der Waals surface area contributed by atoms with Crippen molar-refractivity contribution in [3.63, 3.8) is 0 Å². The fourth-order valence-electron chi connectivity index (χ4n) is 3.15. The van der Waals surface area contributed by atoms with E-state index in [-0.39, 0.29) is 6.61 Å². The number of benzene rings is 1. The molecule has 2 aromatic rings. The zero-order chi connectivity index (χ0) is 20.6. The van der Waals surface area contributed by atoms with E-state index < -0.39 is 11.8 Å². The van der Waals surface area contributed by atoms with Gasteiger partial charge >= 0.3 is 0 Å². The zero-order valence-corrected chi connectivity index (χ0v) is 17.4. The molecule has 1 heterocycles. The first-order valence-corrected chi connectivity index (χ1v) is 10.1. The Kier molecular flexibility index (Phi) is 8.20. The maximum Gasteiger partial charge on any atom is 0.223 e. The molecule has 28 heavy (non-hydrogen) atoms. The lowest BCUT2D eigenvalue weighted by molar-refractivity contribution is -0.890. The number of hydrogen-bond donors (Lipinski definition) is 2. The number of aliphatic hydroxyl groups is 1. The molecule has 6 heteroatoms. The number of likely N-dealkylation sites (N-methyl/N-ethyl adjacent to an activating group) is 1. The molecule has 0 aliphatic heterocycles. The highest BCUT2D eigenvalue weighted by molar-refractivity contribution is 5.87. The molecule has 6 nitrogen and oxygen atoms in total. The van der Waals surface area contributed by atoms with Crippen molar-refractivity contribution in [3.05, 3.63) is 36.0 Å². The third-order valence-electron chi connectivity index (χ3n) is 5.19. The molecule has 0 saturated carbocycles. The molecular formula is C22H34N3O3+. The van der Waals surface area contributed by atoms with Gasteiger partial charge in [0.1, 0.15) is 13.2 Å². The van der Waals surface area contributed by atoms with Gasteiger partial charge in [-0.15, -0.1) is 0 Å². The Hall–Kier alpha value is -2.18. The zero-order valence-electron chi connectivity index (χ0n) is 17.4. The van der Waals surface area contributed by atoms with Crippen LogP contribution in [0, 0.1) is 5.92 Å². The first kappa shape index (κ1) is 22.1. The van der Waals surface area contributed by atoms with E-state index in [1.54, 1.807) is 0 Å². The van der Waals surface area contributed by atoms with Gasteiger partial charge in [0, 0.05) is 17.5 Å². The van der Waals surface area contributed by atoms with Crippen molar-refractivity contribution >= 4 is 16.7 Å². The van der Waals surface area contributed by atoms with Crippen LogP contribution < -0.4 is 10.5 Å². The minimum atomic E-state index is -0.487. The van der Waals surface area contributed by atoms with Crippen LogP contribution >= 0.6 is 0 Å². The molecule has 1 aromatic heterocycles. The maximum absolute atomic E-state index is 11.3. The summed E-state index contributed by atoms with van der Waals surface area (Å²) >= 11 is 0. The van der Waals surface area contributed by atoms with Crippen LogP contribution in [0.3, 0.4) is 0 Å². The molecule has 0 spiro atoms. The van der Waals surface area contributed by atoms with Crippen molar-refractivity contribution in [2.45, 2.75) is 32.6 Å². The number of rotatable bonds is 12. The van der Waals surface area contributed by atoms with Gasteiger partial charge in [-0.1, -0.05) is 31.5 Å². The highest BCUT2D eigenvalue weighted by Gasteiger charge is 2.21. The number of ether oxygens (including phenoxy) is 1. The van der Waals surface area contributed by atoms with Crippen LogP contribution in [-0.2, 0) is 11.2 Å². The predicted octanol–water partition coefficient (Wildman–Crippen LogP) is 2.52. The molecule has 2 rings (SSSR count). The van der Waals surface area contributed by atoms with E-state index in [0.29, 0.717) is 23.4 Å². The van der Waals surface area contributed by atoms with Gasteiger partial charge in [0.25, 0.3) is 0 Å². The molecule has 0 aliphatic rings. The Morgan fingerprint density at radius 1 is 1.29 bits per heavy atom. The summed E-state index contributed by atoms with van der Waals surface area (Å²) in [5, 5.41) is 11.4. The number of unbranched alkanes of at least 4 members (excludes halogenated alkanes) is 1. The van der Waals surface area contributed by atoms with Crippen LogP contribution in [0.25, 0.3) is 10.8 Å². The molecular weight excluding hydrogens is 354 g/mol. The minimum absolute atomic E-state index is 0.202. The standard InChI is InChI=1S/C22H33N3O3/c1-4-5-9-19-15-17-8-6-7-10-20(17)22(24-19)28-14-13-25(2,3)12-11-18(16-26)21(23)27/h6-8,10,15,18,26H,4-5,9,11-14,16H2,1-3H3,(H-,23,27)/p+1. The van der Waals surface area contributed by atoms with E-state index in [9.17, 15) is 9.90 Å². The van der Waals surface area contributed by atoms with Crippen LogP contribution in [0.2, 0.25) is 0 Å². The Morgan fingerprint density at radius 3 is 2.71 bits per heavy atom. The Balaban J connectivity index is 2.01. The van der Waals surface area contributed by atoms with Crippen LogP contribution in [-0.4, -0.2) is 60.9 Å². The summed E-state index contributed by atoms with van der Waals surface area (Å²) in [6.45, 7) is 4.01. The van der Waals surface area contributed by atoms with E-state index in [0.717, 1.165) is 48.8 Å². The summed E-state index contributed by atoms with van der Waals surface area (Å²) in [5.74, 6) is -0.243. The second-order valence-corrected chi connectivity index (χ2v) is 8.05. The summed E-state index contributed by atoms with van der Waals surface area (Å²) < 4.78 is 6.77. The highest BCUT2D eigenvalue weighted by atomic mass is 16.5. The van der Waals surface area contributed by atoms with Gasteiger partial charge in [0.2, 0.25) is 11.8 Å². The normalized spacial score (nSPS) is 12.9. The molecule has 0 radical (unpaired) electrons. The van der Waals surface area contributed by atoms with Crippen molar-refractivity contribution in [2.24, 2.45) is 11.7 Å². The van der Waals surface area contributed by atoms with Crippen LogP contribution in [0.1, 0.15) is 31.9 Å². The van der Waals surface area contributed by atoms with Gasteiger partial charge in [-0.05, 0) is 30.4 Å². The number of hydrogen-bond acceptors (Lipinski definition) is 4. The van der Waals surface area contributed by atoms with Crippen molar-refractivity contribution in [1.29, 1.82) is 0 Å². The number of primary amides is 1. The van der Waals surface area contributed by atoms with Gasteiger partial charge in [0.15, 0.2) is 0 Å². The molecule has 1 amide bonds. The molecule has 1 unspecified atom stereocenters. The molecule has 1 aromatic carbocycles. The number of pyridine rings is 1. The van der Waals surface area contributed by atoms with Crippen LogP contribution in [0.4, 0.5) is 0 Å². The molecule has 3 N–H and O–H groups in total.